The molecule has 0 saturated heterocycles. The Morgan fingerprint density at radius 1 is 1.00 bits per heavy atom. The highest BCUT2D eigenvalue weighted by molar-refractivity contribution is 7.92. The first-order chi connectivity index (χ1) is 14.3. The number of para-hydroxylation sites is 1. The number of aromatic amines is 1. The lowest BCUT2D eigenvalue weighted by Gasteiger charge is -2.22. The highest BCUT2D eigenvalue weighted by atomic mass is 32.2. The molecule has 1 amide bonds. The van der Waals surface area contributed by atoms with E-state index in [4.69, 9.17) is 0 Å². The van der Waals surface area contributed by atoms with Crippen LogP contribution in [0.1, 0.15) is 0 Å². The molecular formula is C21H18N4O4S. The van der Waals surface area contributed by atoms with Crippen LogP contribution in [0.4, 0.5) is 11.4 Å². The maximum Gasteiger partial charge on any atom is 0.285 e. The summed E-state index contributed by atoms with van der Waals surface area (Å²) < 4.78 is 25.9. The van der Waals surface area contributed by atoms with E-state index in [-0.39, 0.29) is 11.6 Å². The highest BCUT2D eigenvalue weighted by Gasteiger charge is 2.22. The fourth-order valence-electron chi connectivity index (χ4n) is 3.28. The van der Waals surface area contributed by atoms with Crippen molar-refractivity contribution in [3.05, 3.63) is 66.7 Å². The van der Waals surface area contributed by atoms with Crippen molar-refractivity contribution in [1.82, 2.24) is 4.98 Å². The number of sulfonamides is 1. The van der Waals surface area contributed by atoms with Gasteiger partial charge in [-0.2, -0.15) is 0 Å². The Hall–Kier alpha value is -3.72. The van der Waals surface area contributed by atoms with Crippen molar-refractivity contribution in [2.45, 2.75) is 0 Å². The van der Waals surface area contributed by atoms with E-state index < -0.39 is 22.5 Å². The first kappa shape index (κ1) is 19.6. The molecule has 30 heavy (non-hydrogen) atoms. The Balaban J connectivity index is 1.66. The number of aromatic nitrogens is 1. The number of nitrogens with zero attached hydrogens (tertiary/aromatic N) is 3. The van der Waals surface area contributed by atoms with Gasteiger partial charge in [0, 0.05) is 10.8 Å². The van der Waals surface area contributed by atoms with Crippen LogP contribution in [-0.4, -0.2) is 37.2 Å². The van der Waals surface area contributed by atoms with E-state index >= 15 is 0 Å². The topological polar surface area (TPSA) is 115 Å². The van der Waals surface area contributed by atoms with Gasteiger partial charge < -0.3 is 10.1 Å². The largest absolute Gasteiger partial charge is 0.493 e. The van der Waals surface area contributed by atoms with E-state index in [1.54, 1.807) is 48.5 Å². The lowest BCUT2D eigenvalue weighted by molar-refractivity contribution is -0.116. The summed E-state index contributed by atoms with van der Waals surface area (Å²) in [6, 6.07) is 19.6. The number of amides is 1. The molecule has 1 aromatic heterocycles. The van der Waals surface area contributed by atoms with E-state index in [1.165, 1.54) is 0 Å². The van der Waals surface area contributed by atoms with Gasteiger partial charge in [0.15, 0.2) is 5.69 Å². The number of azo groups is 1. The Morgan fingerprint density at radius 2 is 1.67 bits per heavy atom. The second-order valence-electron chi connectivity index (χ2n) is 6.73. The lowest BCUT2D eigenvalue weighted by Crippen LogP contribution is -2.34. The first-order valence-electron chi connectivity index (χ1n) is 9.04. The maximum atomic E-state index is 12.5. The lowest BCUT2D eigenvalue weighted by atomic mass is 10.1. The zero-order chi connectivity index (χ0) is 21.3. The van der Waals surface area contributed by atoms with Gasteiger partial charge in [0.2, 0.25) is 15.9 Å². The Bertz CT molecular complexity index is 1390. The van der Waals surface area contributed by atoms with Crippen molar-refractivity contribution in [1.29, 1.82) is 0 Å². The number of fused-ring (bicyclic) bond motifs is 2. The minimum atomic E-state index is -3.76. The van der Waals surface area contributed by atoms with E-state index in [9.17, 15) is 18.3 Å². The molecule has 0 spiro atoms. The third-order valence-corrected chi connectivity index (χ3v) is 5.76. The summed E-state index contributed by atoms with van der Waals surface area (Å²) >= 11 is 0. The molecule has 2 N–H and O–H groups in total. The predicted molar refractivity (Wildman–Crippen MR) is 116 cm³/mol. The Labute approximate surface area is 172 Å². The van der Waals surface area contributed by atoms with E-state index in [0.29, 0.717) is 22.0 Å². The molecule has 0 bridgehead atoms. The number of anilines is 1. The van der Waals surface area contributed by atoms with Crippen molar-refractivity contribution < 1.29 is 18.3 Å². The summed E-state index contributed by atoms with van der Waals surface area (Å²) in [6.07, 6.45) is 1.03. The van der Waals surface area contributed by atoms with Crippen LogP contribution < -0.4 is 4.31 Å². The van der Waals surface area contributed by atoms with Crippen LogP contribution in [0.25, 0.3) is 21.7 Å². The predicted octanol–water partition coefficient (Wildman–Crippen LogP) is 4.10. The average molecular weight is 422 g/mol. The van der Waals surface area contributed by atoms with Crippen LogP contribution in [0.15, 0.2) is 77.0 Å². The molecule has 0 unspecified atom stereocenters. The van der Waals surface area contributed by atoms with Crippen LogP contribution in [0.2, 0.25) is 0 Å². The molecule has 0 atom stereocenters. The summed E-state index contributed by atoms with van der Waals surface area (Å²) in [4.78, 5) is 15.2. The normalized spacial score (nSPS) is 12.0. The van der Waals surface area contributed by atoms with E-state index in [0.717, 1.165) is 15.9 Å². The quantitative estimate of drug-likeness (QED) is 0.471. The number of hydrogen-bond donors (Lipinski definition) is 2. The number of nitrogens with one attached hydrogen (secondary N) is 1. The maximum absolute atomic E-state index is 12.5. The first-order valence-corrected chi connectivity index (χ1v) is 10.9. The van der Waals surface area contributed by atoms with Crippen molar-refractivity contribution in [3.63, 3.8) is 0 Å². The monoisotopic (exact) mass is 422 g/mol. The van der Waals surface area contributed by atoms with Gasteiger partial charge in [-0.1, -0.05) is 54.6 Å². The smallest absolute Gasteiger partial charge is 0.285 e. The van der Waals surface area contributed by atoms with Crippen LogP contribution in [0.5, 0.6) is 5.88 Å². The fraction of sp³-hybridized carbons (Fsp3) is 0.0952. The number of H-pyrrole nitrogens is 1. The summed E-state index contributed by atoms with van der Waals surface area (Å²) in [5, 5.41) is 19.7. The molecule has 9 heteroatoms. The second kappa shape index (κ2) is 7.60. The van der Waals surface area contributed by atoms with Gasteiger partial charge in [0.25, 0.3) is 5.91 Å². The molecule has 4 aromatic rings. The van der Waals surface area contributed by atoms with Gasteiger partial charge in [0.1, 0.15) is 6.54 Å². The number of carbonyl (C=O) groups is 1. The third-order valence-electron chi connectivity index (χ3n) is 4.64. The molecule has 0 fully saturated rings. The van der Waals surface area contributed by atoms with Crippen LogP contribution in [-0.2, 0) is 14.8 Å². The summed E-state index contributed by atoms with van der Waals surface area (Å²) in [5.74, 6) is -0.986. The molecule has 3 aromatic carbocycles. The molecule has 1 heterocycles. The molecule has 0 radical (unpaired) electrons. The minimum Gasteiger partial charge on any atom is -0.493 e. The average Bonchev–Trinajstić information content (AvgIpc) is 3.04. The van der Waals surface area contributed by atoms with Gasteiger partial charge in [-0.05, 0) is 17.5 Å². The SMILES string of the molecule is CS(=O)(=O)N(CC(=O)N=Nc1c(O)[nH]c2ccccc12)c1cccc2ccccc12. The molecular weight excluding hydrogens is 404 g/mol. The van der Waals surface area contributed by atoms with E-state index in [1.807, 2.05) is 18.2 Å². The van der Waals surface area contributed by atoms with E-state index in [2.05, 4.69) is 15.2 Å². The van der Waals surface area contributed by atoms with Gasteiger partial charge >= 0.3 is 0 Å². The number of benzene rings is 3. The molecule has 0 aliphatic rings. The van der Waals surface area contributed by atoms with Crippen LogP contribution in [0.3, 0.4) is 0 Å². The van der Waals surface area contributed by atoms with Gasteiger partial charge in [0.05, 0.1) is 17.5 Å². The second-order valence-corrected chi connectivity index (χ2v) is 8.64. The van der Waals surface area contributed by atoms with Crippen molar-refractivity contribution >= 4 is 49.0 Å². The minimum absolute atomic E-state index is 0.120. The zero-order valence-electron chi connectivity index (χ0n) is 16.0. The third kappa shape index (κ3) is 3.74. The molecule has 0 aliphatic carbocycles. The molecule has 4 rings (SSSR count). The fourth-order valence-corrected chi connectivity index (χ4v) is 4.14. The molecule has 0 aliphatic heterocycles. The zero-order valence-corrected chi connectivity index (χ0v) is 16.8. The Kier molecular flexibility index (Phi) is 4.96. The van der Waals surface area contributed by atoms with Crippen molar-refractivity contribution in [2.75, 3.05) is 17.1 Å². The number of rotatable bonds is 5. The summed E-state index contributed by atoms with van der Waals surface area (Å²) in [7, 11) is -3.76. The molecule has 152 valence electrons. The van der Waals surface area contributed by atoms with Gasteiger partial charge in [-0.3, -0.25) is 9.10 Å². The number of hydrogen-bond acceptors (Lipinski definition) is 5. The number of carbonyl (C=O) groups excluding carboxylic acids is 1. The van der Waals surface area contributed by atoms with Gasteiger partial charge in [-0.15, -0.1) is 10.2 Å². The van der Waals surface area contributed by atoms with Crippen LogP contribution in [0, 0.1) is 0 Å². The Morgan fingerprint density at radius 3 is 2.43 bits per heavy atom. The van der Waals surface area contributed by atoms with Crippen molar-refractivity contribution in [2.24, 2.45) is 10.2 Å². The molecule has 8 nitrogen and oxygen atoms in total. The van der Waals surface area contributed by atoms with Crippen molar-refractivity contribution in [3.8, 4) is 5.88 Å². The standard InChI is InChI=1S/C21H18N4O4S/c1-30(28,29)25(18-12-6-8-14-7-2-3-9-15(14)18)13-19(26)23-24-20-16-10-4-5-11-17(16)22-21(20)27/h2-12,22,27H,13H2,1H3. The highest BCUT2D eigenvalue weighted by Crippen LogP contribution is 2.35. The molecule has 0 saturated carbocycles. The van der Waals surface area contributed by atoms with Crippen LogP contribution >= 0.6 is 0 Å². The van der Waals surface area contributed by atoms with Gasteiger partial charge in [-0.25, -0.2) is 8.42 Å². The summed E-state index contributed by atoms with van der Waals surface area (Å²) in [5.41, 5.74) is 1.15. The number of aromatic hydroxyl groups is 1. The summed E-state index contributed by atoms with van der Waals surface area (Å²) in [6.45, 7) is -0.514.